The quantitative estimate of drug-likeness (QED) is 0.0996. The van der Waals surface area contributed by atoms with E-state index in [4.69, 9.17) is 30.5 Å². The average molecular weight is 791 g/mol. The number of halogens is 2. The second-order valence-electron chi connectivity index (χ2n) is 15.0. The van der Waals surface area contributed by atoms with Crippen LogP contribution in [-0.2, 0) is 24.2 Å². The summed E-state index contributed by atoms with van der Waals surface area (Å²) in [7, 11) is 0. The van der Waals surface area contributed by atoms with Crippen LogP contribution in [-0.4, -0.2) is 74.0 Å². The van der Waals surface area contributed by atoms with E-state index in [0.29, 0.717) is 72.1 Å². The SMILES string of the molecule is Cc1c(OCCCN2CCC(F)CC2)cccc1-c1cccc2c1CC[C@@H]2Oc1cc(OCc2cc(C#N)cc(C#N)c2)c(C/C=N/[C@H]2CCOC[C@H]2O)cc1Cl. The Kier molecular flexibility index (Phi) is 13.4. The largest absolute Gasteiger partial charge is 0.493 e. The zero-order valence-corrected chi connectivity index (χ0v) is 33.0. The zero-order chi connectivity index (χ0) is 39.7. The van der Waals surface area contributed by atoms with Gasteiger partial charge in [0.05, 0.1) is 53.6 Å². The maximum absolute atomic E-state index is 13.5. The van der Waals surface area contributed by atoms with Gasteiger partial charge in [0.15, 0.2) is 0 Å². The van der Waals surface area contributed by atoms with Crippen LogP contribution in [0.15, 0.2) is 71.7 Å². The molecule has 11 heteroatoms. The number of nitriles is 2. The lowest BCUT2D eigenvalue weighted by atomic mass is 9.93. The third kappa shape index (κ3) is 9.95. The first kappa shape index (κ1) is 40.2. The van der Waals surface area contributed by atoms with Gasteiger partial charge in [-0.2, -0.15) is 10.5 Å². The molecule has 2 fully saturated rings. The maximum atomic E-state index is 13.5. The second-order valence-corrected chi connectivity index (χ2v) is 15.4. The van der Waals surface area contributed by atoms with E-state index >= 15 is 0 Å². The van der Waals surface area contributed by atoms with Crippen LogP contribution in [0.1, 0.15) is 77.2 Å². The molecule has 2 heterocycles. The number of fused-ring (bicyclic) bond motifs is 1. The number of benzene rings is 4. The monoisotopic (exact) mass is 790 g/mol. The smallest absolute Gasteiger partial charge is 0.142 e. The summed E-state index contributed by atoms with van der Waals surface area (Å²) in [6.45, 7) is 6.18. The Hall–Kier alpha value is -4.97. The Balaban J connectivity index is 1.08. The number of hydrogen-bond acceptors (Lipinski definition) is 9. The molecule has 0 spiro atoms. The molecule has 7 rings (SSSR count). The molecule has 4 aromatic carbocycles. The summed E-state index contributed by atoms with van der Waals surface area (Å²) < 4.78 is 38.3. The Morgan fingerprint density at radius 2 is 1.72 bits per heavy atom. The van der Waals surface area contributed by atoms with Crippen molar-refractivity contribution in [1.82, 2.24) is 4.90 Å². The molecule has 9 nitrogen and oxygen atoms in total. The molecule has 0 aromatic heterocycles. The van der Waals surface area contributed by atoms with E-state index in [1.807, 2.05) is 24.3 Å². The predicted octanol–water partition coefficient (Wildman–Crippen LogP) is 8.67. The van der Waals surface area contributed by atoms with Gasteiger partial charge in [-0.25, -0.2) is 4.39 Å². The van der Waals surface area contributed by atoms with Crippen LogP contribution in [0.2, 0.25) is 5.02 Å². The molecule has 0 saturated carbocycles. The Morgan fingerprint density at radius 1 is 0.947 bits per heavy atom. The normalized spacial score (nSPS) is 19.9. The van der Waals surface area contributed by atoms with Crippen molar-refractivity contribution in [3.05, 3.63) is 111 Å². The topological polar surface area (TPSA) is 120 Å². The van der Waals surface area contributed by atoms with Crippen molar-refractivity contribution in [3.63, 3.8) is 0 Å². The predicted molar refractivity (Wildman–Crippen MR) is 218 cm³/mol. The first-order valence-corrected chi connectivity index (χ1v) is 20.2. The minimum absolute atomic E-state index is 0.116. The molecule has 296 valence electrons. The minimum atomic E-state index is -0.663. The highest BCUT2D eigenvalue weighted by Gasteiger charge is 2.29. The molecule has 1 N–H and O–H groups in total. The van der Waals surface area contributed by atoms with Crippen molar-refractivity contribution in [2.45, 2.75) is 82.9 Å². The molecule has 4 aromatic rings. The minimum Gasteiger partial charge on any atom is -0.493 e. The highest BCUT2D eigenvalue weighted by molar-refractivity contribution is 6.32. The van der Waals surface area contributed by atoms with Crippen LogP contribution in [0, 0.1) is 29.6 Å². The number of alkyl halides is 1. The van der Waals surface area contributed by atoms with E-state index < -0.39 is 12.3 Å². The number of rotatable bonds is 14. The summed E-state index contributed by atoms with van der Waals surface area (Å²) in [4.78, 5) is 6.95. The van der Waals surface area contributed by atoms with E-state index in [9.17, 15) is 20.0 Å². The Morgan fingerprint density at radius 3 is 2.49 bits per heavy atom. The van der Waals surface area contributed by atoms with Crippen molar-refractivity contribution in [2.24, 2.45) is 4.99 Å². The van der Waals surface area contributed by atoms with E-state index in [2.05, 4.69) is 53.2 Å². The van der Waals surface area contributed by atoms with E-state index in [-0.39, 0.29) is 25.4 Å². The molecule has 0 amide bonds. The van der Waals surface area contributed by atoms with Crippen molar-refractivity contribution in [2.75, 3.05) is 39.5 Å². The molecule has 57 heavy (non-hydrogen) atoms. The fourth-order valence-corrected chi connectivity index (χ4v) is 8.23. The van der Waals surface area contributed by atoms with Gasteiger partial charge in [-0.15, -0.1) is 0 Å². The third-order valence-electron chi connectivity index (χ3n) is 11.1. The van der Waals surface area contributed by atoms with Crippen molar-refractivity contribution >= 4 is 17.8 Å². The van der Waals surface area contributed by atoms with Gasteiger partial charge >= 0.3 is 0 Å². The molecule has 3 atom stereocenters. The first-order chi connectivity index (χ1) is 27.8. The fourth-order valence-electron chi connectivity index (χ4n) is 8.00. The molecule has 3 aliphatic rings. The summed E-state index contributed by atoms with van der Waals surface area (Å²) in [5.74, 6) is 1.90. The second kappa shape index (κ2) is 19.0. The van der Waals surface area contributed by atoms with Gasteiger partial charge in [-0.05, 0) is 109 Å². The molecule has 2 aliphatic heterocycles. The summed E-state index contributed by atoms with van der Waals surface area (Å²) in [6.07, 6.45) is 5.00. The van der Waals surface area contributed by atoms with Crippen molar-refractivity contribution in [1.29, 1.82) is 10.5 Å². The highest BCUT2D eigenvalue weighted by Crippen LogP contribution is 2.44. The summed E-state index contributed by atoms with van der Waals surface area (Å²) in [6, 6.07) is 25.2. The molecule has 0 unspecified atom stereocenters. The fraction of sp³-hybridized carbons (Fsp3) is 0.413. The number of likely N-dealkylation sites (tertiary alicyclic amines) is 1. The van der Waals surface area contributed by atoms with Crippen LogP contribution in [0.5, 0.6) is 17.2 Å². The van der Waals surface area contributed by atoms with E-state index in [1.165, 1.54) is 5.56 Å². The molecule has 1 aliphatic carbocycles. The van der Waals surface area contributed by atoms with Crippen LogP contribution in [0.25, 0.3) is 11.1 Å². The van der Waals surface area contributed by atoms with Gasteiger partial charge < -0.3 is 29.0 Å². The van der Waals surface area contributed by atoms with Gasteiger partial charge in [0.1, 0.15) is 36.1 Å². The number of ether oxygens (including phenoxy) is 4. The van der Waals surface area contributed by atoms with Gasteiger partial charge in [0.2, 0.25) is 0 Å². The Labute approximate surface area is 339 Å². The third-order valence-corrected chi connectivity index (χ3v) is 11.4. The van der Waals surface area contributed by atoms with Gasteiger partial charge in [-0.1, -0.05) is 41.9 Å². The number of nitrogens with zero attached hydrogens (tertiary/aromatic N) is 4. The highest BCUT2D eigenvalue weighted by atomic mass is 35.5. The standard InChI is InChI=1S/C46H48ClFN4O5/c1-30-36(5-3-8-43(30)55-19-4-16-52-17-12-35(48)13-18-52)37-6-2-7-39-38(37)9-10-44(39)57-46-25-45(56-28-33-22-31(26-49)21-32(23-33)27-50)34(24-40(46)47)11-15-51-41-14-20-54-29-42(41)53/h2-3,5-8,15,21-25,35,41-42,44,53H,4,9-14,16-20,28-29H2,1H3/b51-15+/t41-,42+,44-/m0/s1. The lowest BCUT2D eigenvalue weighted by molar-refractivity contribution is -0.0175. The maximum Gasteiger partial charge on any atom is 0.142 e. The first-order valence-electron chi connectivity index (χ1n) is 19.8. The van der Waals surface area contributed by atoms with Gasteiger partial charge in [0.25, 0.3) is 0 Å². The van der Waals surface area contributed by atoms with Crippen LogP contribution in [0.4, 0.5) is 4.39 Å². The summed E-state index contributed by atoms with van der Waals surface area (Å²) in [5.41, 5.74) is 7.95. The molecular formula is C46H48ClFN4O5. The molecule has 2 saturated heterocycles. The zero-order valence-electron chi connectivity index (χ0n) is 32.3. The number of piperidine rings is 1. The van der Waals surface area contributed by atoms with Gasteiger partial charge in [0, 0.05) is 50.5 Å². The lowest BCUT2D eigenvalue weighted by Gasteiger charge is -2.28. The van der Waals surface area contributed by atoms with Crippen LogP contribution >= 0.6 is 11.6 Å². The van der Waals surface area contributed by atoms with Crippen LogP contribution < -0.4 is 14.2 Å². The van der Waals surface area contributed by atoms with Crippen molar-refractivity contribution in [3.8, 4) is 40.5 Å². The van der Waals surface area contributed by atoms with Gasteiger partial charge in [-0.3, -0.25) is 4.99 Å². The van der Waals surface area contributed by atoms with E-state index in [1.54, 1.807) is 24.4 Å². The summed E-state index contributed by atoms with van der Waals surface area (Å²) >= 11 is 6.94. The summed E-state index contributed by atoms with van der Waals surface area (Å²) in [5, 5.41) is 29.8. The number of aliphatic hydroxyl groups excluding tert-OH is 1. The van der Waals surface area contributed by atoms with Crippen molar-refractivity contribution < 1.29 is 28.4 Å². The number of aliphatic imine (C=N–C) groups is 1. The molecule has 0 radical (unpaired) electrons. The molecule has 0 bridgehead atoms. The van der Waals surface area contributed by atoms with Crippen LogP contribution in [0.3, 0.4) is 0 Å². The van der Waals surface area contributed by atoms with E-state index in [0.717, 1.165) is 72.5 Å². The number of aliphatic hydroxyl groups is 1. The Bertz CT molecular complexity index is 2130. The number of hydrogen-bond donors (Lipinski definition) is 1. The lowest BCUT2D eigenvalue weighted by Crippen LogP contribution is -2.35. The average Bonchev–Trinajstić information content (AvgIpc) is 3.64. The molecular weight excluding hydrogens is 743 g/mol.